The second kappa shape index (κ2) is 5.45. The Morgan fingerprint density at radius 2 is 2.22 bits per heavy atom. The molecule has 18 heavy (non-hydrogen) atoms. The molecule has 104 valence electrons. The highest BCUT2D eigenvalue weighted by molar-refractivity contribution is 5.75. The number of hydrogen-bond donors (Lipinski definition) is 1. The molecule has 1 heterocycles. The minimum atomic E-state index is -0.149. The van der Waals surface area contributed by atoms with Gasteiger partial charge in [-0.25, -0.2) is 4.79 Å². The Labute approximate surface area is 109 Å². The fraction of sp³-hybridized carbons (Fsp3) is 0.923. The Hall–Kier alpha value is -0.810. The quantitative estimate of drug-likeness (QED) is 0.808. The van der Waals surface area contributed by atoms with Crippen molar-refractivity contribution in [3.8, 4) is 0 Å². The van der Waals surface area contributed by atoms with Gasteiger partial charge in [-0.2, -0.15) is 0 Å². The molecular formula is C13H24N2O3. The first kappa shape index (κ1) is 13.6. The van der Waals surface area contributed by atoms with Crippen molar-refractivity contribution in [1.82, 2.24) is 10.2 Å². The fourth-order valence-electron chi connectivity index (χ4n) is 2.56. The molecule has 0 bridgehead atoms. The summed E-state index contributed by atoms with van der Waals surface area (Å²) in [4.78, 5) is 13.9. The minimum Gasteiger partial charge on any atom is -0.377 e. The summed E-state index contributed by atoms with van der Waals surface area (Å²) >= 11 is 0. The molecule has 0 radical (unpaired) electrons. The molecule has 0 aromatic carbocycles. The number of hydrogen-bond acceptors (Lipinski definition) is 3. The van der Waals surface area contributed by atoms with E-state index < -0.39 is 0 Å². The van der Waals surface area contributed by atoms with Crippen LogP contribution < -0.4 is 5.32 Å². The van der Waals surface area contributed by atoms with E-state index in [1.165, 1.54) is 0 Å². The molecule has 5 nitrogen and oxygen atoms in total. The van der Waals surface area contributed by atoms with Gasteiger partial charge in [0.1, 0.15) is 0 Å². The second-order valence-corrected chi connectivity index (χ2v) is 5.26. The van der Waals surface area contributed by atoms with Crippen LogP contribution in [0, 0.1) is 0 Å². The molecule has 2 aliphatic rings. The molecule has 3 atom stereocenters. The van der Waals surface area contributed by atoms with Crippen molar-refractivity contribution in [2.75, 3.05) is 26.3 Å². The van der Waals surface area contributed by atoms with E-state index in [1.807, 2.05) is 18.7 Å². The molecular weight excluding hydrogens is 232 g/mol. The van der Waals surface area contributed by atoms with Crippen molar-refractivity contribution < 1.29 is 14.3 Å². The van der Waals surface area contributed by atoms with Crippen LogP contribution in [0.5, 0.6) is 0 Å². The lowest BCUT2D eigenvalue weighted by atomic mass is 10.3. The number of rotatable bonds is 5. The van der Waals surface area contributed by atoms with Gasteiger partial charge in [-0.3, -0.25) is 0 Å². The highest BCUT2D eigenvalue weighted by Gasteiger charge is 2.52. The van der Waals surface area contributed by atoms with E-state index in [0.29, 0.717) is 19.8 Å². The van der Waals surface area contributed by atoms with Gasteiger partial charge in [0.25, 0.3) is 0 Å². The summed E-state index contributed by atoms with van der Waals surface area (Å²) in [5.41, 5.74) is -0.149. The zero-order valence-corrected chi connectivity index (χ0v) is 11.6. The second-order valence-electron chi connectivity index (χ2n) is 5.26. The maximum absolute atomic E-state index is 12.0. The molecule has 2 fully saturated rings. The number of urea groups is 1. The molecule has 0 aromatic heterocycles. The van der Waals surface area contributed by atoms with Crippen LogP contribution in [-0.2, 0) is 9.47 Å². The summed E-state index contributed by atoms with van der Waals surface area (Å²) in [6.07, 6.45) is 2.06. The van der Waals surface area contributed by atoms with Crippen LogP contribution in [0.2, 0.25) is 0 Å². The fourth-order valence-corrected chi connectivity index (χ4v) is 2.56. The number of nitrogens with one attached hydrogen (secondary N) is 1. The van der Waals surface area contributed by atoms with E-state index in [9.17, 15) is 4.79 Å². The molecule has 0 aromatic rings. The maximum atomic E-state index is 12.0. The molecule has 1 aliphatic heterocycles. The summed E-state index contributed by atoms with van der Waals surface area (Å²) in [5, 5.41) is 3.04. The number of amides is 2. The van der Waals surface area contributed by atoms with Gasteiger partial charge < -0.3 is 19.7 Å². The zero-order chi connectivity index (χ0) is 13.2. The van der Waals surface area contributed by atoms with Crippen molar-refractivity contribution >= 4 is 6.03 Å². The predicted octanol–water partition coefficient (Wildman–Crippen LogP) is 1.37. The van der Waals surface area contributed by atoms with Crippen molar-refractivity contribution in [2.45, 2.75) is 51.4 Å². The number of nitrogens with zero attached hydrogens (tertiary/aromatic N) is 1. The summed E-state index contributed by atoms with van der Waals surface area (Å²) < 4.78 is 11.2. The average Bonchev–Trinajstić information content (AvgIpc) is 2.77. The van der Waals surface area contributed by atoms with Gasteiger partial charge in [-0.15, -0.1) is 0 Å². The third kappa shape index (κ3) is 2.95. The Morgan fingerprint density at radius 3 is 2.89 bits per heavy atom. The van der Waals surface area contributed by atoms with E-state index >= 15 is 0 Å². The monoisotopic (exact) mass is 256 g/mol. The average molecular weight is 256 g/mol. The molecule has 2 amide bonds. The standard InChI is InChI=1S/C13H24N2O3/c1-4-17-10-6-7-15(9-10)12(16)14-11-8-13(11,3)18-5-2/h10-11H,4-9H2,1-3H3,(H,14,16)/t10-,11+,13-/m0/s1. The van der Waals surface area contributed by atoms with Crippen LogP contribution in [0.1, 0.15) is 33.6 Å². The first-order valence-electron chi connectivity index (χ1n) is 6.90. The third-order valence-corrected chi connectivity index (χ3v) is 3.79. The Balaban J connectivity index is 1.74. The zero-order valence-electron chi connectivity index (χ0n) is 11.6. The van der Waals surface area contributed by atoms with Crippen molar-refractivity contribution in [3.05, 3.63) is 0 Å². The maximum Gasteiger partial charge on any atom is 0.317 e. The number of carbonyl (C=O) groups excluding carboxylic acids is 1. The SMILES string of the molecule is CCO[C@H]1CCN(C(=O)N[C@@H]2C[C@]2(C)OCC)C1. The van der Waals surface area contributed by atoms with Crippen LogP contribution in [0.15, 0.2) is 0 Å². The first-order valence-corrected chi connectivity index (χ1v) is 6.90. The van der Waals surface area contributed by atoms with Gasteiger partial charge in [-0.05, 0) is 27.2 Å². The number of carbonyl (C=O) groups is 1. The van der Waals surface area contributed by atoms with Gasteiger partial charge >= 0.3 is 6.03 Å². The van der Waals surface area contributed by atoms with Gasteiger partial charge in [0, 0.05) is 32.7 Å². The van der Waals surface area contributed by atoms with Gasteiger partial charge in [0.05, 0.1) is 17.7 Å². The Kier molecular flexibility index (Phi) is 4.12. The molecule has 1 saturated carbocycles. The van der Waals surface area contributed by atoms with E-state index in [0.717, 1.165) is 19.4 Å². The summed E-state index contributed by atoms with van der Waals surface area (Å²) in [6.45, 7) is 8.92. The van der Waals surface area contributed by atoms with E-state index in [-0.39, 0.29) is 23.8 Å². The Bertz CT molecular complexity index is 311. The van der Waals surface area contributed by atoms with Crippen molar-refractivity contribution in [2.24, 2.45) is 0 Å². The topological polar surface area (TPSA) is 50.8 Å². The summed E-state index contributed by atoms with van der Waals surface area (Å²) in [6, 6.07) is 0.182. The molecule has 1 saturated heterocycles. The van der Waals surface area contributed by atoms with E-state index in [2.05, 4.69) is 12.2 Å². The molecule has 1 N–H and O–H groups in total. The normalized spacial score (nSPS) is 34.7. The van der Waals surface area contributed by atoms with Crippen LogP contribution >= 0.6 is 0 Å². The van der Waals surface area contributed by atoms with Crippen LogP contribution in [0.3, 0.4) is 0 Å². The van der Waals surface area contributed by atoms with Gasteiger partial charge in [0.2, 0.25) is 0 Å². The van der Waals surface area contributed by atoms with Gasteiger partial charge in [0.15, 0.2) is 0 Å². The largest absolute Gasteiger partial charge is 0.377 e. The summed E-state index contributed by atoms with van der Waals surface area (Å²) in [5.74, 6) is 0. The smallest absolute Gasteiger partial charge is 0.317 e. The highest BCUT2D eigenvalue weighted by atomic mass is 16.5. The lowest BCUT2D eigenvalue weighted by Gasteiger charge is -2.19. The van der Waals surface area contributed by atoms with E-state index in [1.54, 1.807) is 0 Å². The molecule has 5 heteroatoms. The lowest BCUT2D eigenvalue weighted by Crippen LogP contribution is -2.42. The van der Waals surface area contributed by atoms with Crippen LogP contribution in [-0.4, -0.2) is 55.0 Å². The van der Waals surface area contributed by atoms with Crippen LogP contribution in [0.25, 0.3) is 0 Å². The minimum absolute atomic E-state index is 0.0191. The molecule has 0 unspecified atom stereocenters. The molecule has 2 rings (SSSR count). The first-order chi connectivity index (χ1) is 8.59. The Morgan fingerprint density at radius 1 is 1.44 bits per heavy atom. The number of ether oxygens (including phenoxy) is 2. The summed E-state index contributed by atoms with van der Waals surface area (Å²) in [7, 11) is 0. The van der Waals surface area contributed by atoms with Crippen molar-refractivity contribution in [3.63, 3.8) is 0 Å². The van der Waals surface area contributed by atoms with Gasteiger partial charge in [-0.1, -0.05) is 0 Å². The molecule has 1 aliphatic carbocycles. The predicted molar refractivity (Wildman–Crippen MR) is 68.6 cm³/mol. The van der Waals surface area contributed by atoms with E-state index in [4.69, 9.17) is 9.47 Å². The third-order valence-electron chi connectivity index (χ3n) is 3.79. The highest BCUT2D eigenvalue weighted by Crippen LogP contribution is 2.39. The van der Waals surface area contributed by atoms with Crippen LogP contribution in [0.4, 0.5) is 4.79 Å². The van der Waals surface area contributed by atoms with Crippen molar-refractivity contribution in [1.29, 1.82) is 0 Å². The molecule has 0 spiro atoms. The number of likely N-dealkylation sites (tertiary alicyclic amines) is 1. The lowest BCUT2D eigenvalue weighted by molar-refractivity contribution is 0.0483.